The molecule has 0 fully saturated rings. The summed E-state index contributed by atoms with van der Waals surface area (Å²) in [6.07, 6.45) is 3.99. The third kappa shape index (κ3) is 2.26. The van der Waals surface area contributed by atoms with Crippen molar-refractivity contribution in [1.29, 1.82) is 0 Å². The molecule has 0 saturated heterocycles. The van der Waals surface area contributed by atoms with Crippen molar-refractivity contribution >= 4 is 11.4 Å². The van der Waals surface area contributed by atoms with Crippen LogP contribution in [-0.2, 0) is 16.2 Å². The Morgan fingerprint density at radius 2 is 0.968 bits per heavy atom. The van der Waals surface area contributed by atoms with Gasteiger partial charge in [0.25, 0.3) is 0 Å². The van der Waals surface area contributed by atoms with E-state index in [4.69, 9.17) is 11.5 Å². The molecule has 2 aliphatic carbocycles. The number of hydrogen-bond acceptors (Lipinski definition) is 4. The molecule has 168 valence electrons. The van der Waals surface area contributed by atoms with E-state index < -0.39 is 0 Å². The van der Waals surface area contributed by atoms with Crippen LogP contribution in [0.25, 0.3) is 0 Å². The van der Waals surface area contributed by atoms with Crippen LogP contribution in [0.4, 0.5) is 11.4 Å². The van der Waals surface area contributed by atoms with Crippen molar-refractivity contribution in [2.24, 2.45) is 11.8 Å². The second-order valence-corrected chi connectivity index (χ2v) is 9.95. The smallest absolute Gasteiger partial charge is 0.138 e. The highest BCUT2D eigenvalue weighted by Gasteiger charge is 2.67. The van der Waals surface area contributed by atoms with Crippen molar-refractivity contribution in [3.05, 3.63) is 46.5 Å². The molecule has 2 atom stereocenters. The molecule has 4 nitrogen and oxygen atoms in total. The highest BCUT2D eigenvalue weighted by atomic mass is 16.3. The molecule has 0 heterocycles. The highest BCUT2D eigenvalue weighted by Crippen LogP contribution is 2.71. The Morgan fingerprint density at radius 1 is 0.645 bits per heavy atom. The van der Waals surface area contributed by atoms with Gasteiger partial charge in [0.15, 0.2) is 0 Å². The topological polar surface area (TPSA) is 92.5 Å². The third-order valence-corrected chi connectivity index (χ3v) is 9.85. The van der Waals surface area contributed by atoms with E-state index >= 15 is 0 Å². The number of phenols is 2. The van der Waals surface area contributed by atoms with Crippen molar-refractivity contribution in [3.8, 4) is 11.5 Å². The van der Waals surface area contributed by atoms with Crippen LogP contribution in [0.5, 0.6) is 11.5 Å². The summed E-state index contributed by atoms with van der Waals surface area (Å²) in [5.74, 6) is 0.852. The summed E-state index contributed by atoms with van der Waals surface area (Å²) < 4.78 is 0. The van der Waals surface area contributed by atoms with E-state index in [-0.39, 0.29) is 39.6 Å². The first-order valence-corrected chi connectivity index (χ1v) is 11.9. The van der Waals surface area contributed by atoms with Crippen molar-refractivity contribution in [3.63, 3.8) is 0 Å². The number of phenolic OH excluding ortho intramolecular Hbond substituents is 2. The maximum absolute atomic E-state index is 10.7. The number of benzene rings is 2. The first kappa shape index (κ1) is 21.9. The van der Waals surface area contributed by atoms with Crippen LogP contribution in [0.1, 0.15) is 89.5 Å². The van der Waals surface area contributed by atoms with E-state index in [1.165, 1.54) is 22.3 Å². The second-order valence-electron chi connectivity index (χ2n) is 9.95. The fourth-order valence-corrected chi connectivity index (χ4v) is 8.00. The first-order chi connectivity index (χ1) is 14.6. The molecule has 0 amide bonds. The number of aromatic hydroxyl groups is 2. The zero-order valence-electron chi connectivity index (χ0n) is 19.8. The highest BCUT2D eigenvalue weighted by molar-refractivity contribution is 5.71. The van der Waals surface area contributed by atoms with Crippen molar-refractivity contribution in [1.82, 2.24) is 0 Å². The van der Waals surface area contributed by atoms with Gasteiger partial charge in [-0.25, -0.2) is 0 Å². The Hall–Kier alpha value is -2.36. The van der Waals surface area contributed by atoms with E-state index in [1.54, 1.807) is 0 Å². The number of hydrogen-bond donors (Lipinski definition) is 4. The van der Waals surface area contributed by atoms with E-state index in [2.05, 4.69) is 41.5 Å². The second kappa shape index (κ2) is 6.82. The van der Waals surface area contributed by atoms with Gasteiger partial charge >= 0.3 is 0 Å². The summed E-state index contributed by atoms with van der Waals surface area (Å²) in [6, 6.07) is 7.88. The SMILES string of the molecule is CCC1(CC)c2cc(N)c(O)cc2C2(c3cc(O)c(N)cc3C(CC)(CC)C2C)C1C. The van der Waals surface area contributed by atoms with Gasteiger partial charge < -0.3 is 21.7 Å². The summed E-state index contributed by atoms with van der Waals surface area (Å²) in [6.45, 7) is 13.8. The molecule has 2 aromatic carbocycles. The van der Waals surface area contributed by atoms with Gasteiger partial charge in [0.1, 0.15) is 11.5 Å². The quantitative estimate of drug-likeness (QED) is 0.361. The van der Waals surface area contributed by atoms with Gasteiger partial charge in [-0.05, 0) is 94.9 Å². The Balaban J connectivity index is 2.20. The maximum atomic E-state index is 10.7. The van der Waals surface area contributed by atoms with Gasteiger partial charge in [-0.1, -0.05) is 41.5 Å². The van der Waals surface area contributed by atoms with Crippen LogP contribution in [0.3, 0.4) is 0 Å². The molecule has 6 N–H and O–H groups in total. The van der Waals surface area contributed by atoms with E-state index in [0.717, 1.165) is 25.7 Å². The summed E-state index contributed by atoms with van der Waals surface area (Å²) in [5.41, 5.74) is 17.8. The molecule has 0 saturated carbocycles. The molecule has 2 aliphatic rings. The molecule has 0 aliphatic heterocycles. The van der Waals surface area contributed by atoms with Gasteiger partial charge in [0.05, 0.1) is 11.4 Å². The molecular formula is C27H38N2O2. The van der Waals surface area contributed by atoms with E-state index in [9.17, 15) is 10.2 Å². The van der Waals surface area contributed by atoms with E-state index in [0.29, 0.717) is 11.4 Å². The Morgan fingerprint density at radius 3 is 1.26 bits per heavy atom. The number of fused-ring (bicyclic) bond motifs is 4. The maximum Gasteiger partial charge on any atom is 0.138 e. The Bertz CT molecular complexity index is 951. The third-order valence-electron chi connectivity index (χ3n) is 9.85. The van der Waals surface area contributed by atoms with Crippen LogP contribution < -0.4 is 11.5 Å². The fraction of sp³-hybridized carbons (Fsp3) is 0.556. The van der Waals surface area contributed by atoms with E-state index in [1.807, 2.05) is 24.3 Å². The Kier molecular flexibility index (Phi) is 4.81. The van der Waals surface area contributed by atoms with Gasteiger partial charge in [-0.15, -0.1) is 0 Å². The summed E-state index contributed by atoms with van der Waals surface area (Å²) in [5, 5.41) is 21.4. The minimum Gasteiger partial charge on any atom is -0.506 e. The van der Waals surface area contributed by atoms with Crippen molar-refractivity contribution in [2.75, 3.05) is 11.5 Å². The summed E-state index contributed by atoms with van der Waals surface area (Å²) in [7, 11) is 0. The summed E-state index contributed by atoms with van der Waals surface area (Å²) >= 11 is 0. The predicted octanol–water partition coefficient (Wildman–Crippen LogP) is 5.96. The van der Waals surface area contributed by atoms with Crippen LogP contribution in [0, 0.1) is 11.8 Å². The lowest BCUT2D eigenvalue weighted by Crippen LogP contribution is -2.45. The average Bonchev–Trinajstić information content (AvgIpc) is 3.09. The number of rotatable bonds is 4. The standard InChI is InChI=1S/C27H38N2O2/c1-7-25(8-2)15(5)27(19-13-23(30)21(28)11-17(19)25)16(6)26(9-3,10-4)18-12-22(29)24(31)14-20(18)27/h11-16,30-31H,7-10,28-29H2,1-6H3. The lowest BCUT2D eigenvalue weighted by atomic mass is 9.57. The largest absolute Gasteiger partial charge is 0.506 e. The molecule has 4 heteroatoms. The lowest BCUT2D eigenvalue weighted by molar-refractivity contribution is 0.129. The first-order valence-electron chi connectivity index (χ1n) is 11.9. The van der Waals surface area contributed by atoms with Crippen LogP contribution in [-0.4, -0.2) is 10.2 Å². The molecule has 2 unspecified atom stereocenters. The summed E-state index contributed by atoms with van der Waals surface area (Å²) in [4.78, 5) is 0. The molecule has 31 heavy (non-hydrogen) atoms. The molecular weight excluding hydrogens is 384 g/mol. The molecule has 2 aromatic rings. The molecule has 0 bridgehead atoms. The lowest BCUT2D eigenvalue weighted by Gasteiger charge is -2.46. The predicted molar refractivity (Wildman–Crippen MR) is 129 cm³/mol. The zero-order chi connectivity index (χ0) is 22.9. The average molecular weight is 423 g/mol. The number of nitrogens with two attached hydrogens (primary N) is 2. The molecule has 0 aromatic heterocycles. The molecule has 1 spiro atoms. The van der Waals surface area contributed by atoms with Gasteiger partial charge in [-0.3, -0.25) is 0 Å². The monoisotopic (exact) mass is 422 g/mol. The van der Waals surface area contributed by atoms with Gasteiger partial charge in [-0.2, -0.15) is 0 Å². The zero-order valence-corrected chi connectivity index (χ0v) is 19.8. The number of nitrogen functional groups attached to an aromatic ring is 2. The molecule has 4 rings (SSSR count). The van der Waals surface area contributed by atoms with Crippen molar-refractivity contribution < 1.29 is 10.2 Å². The Labute approximate surface area is 186 Å². The van der Waals surface area contributed by atoms with Crippen LogP contribution >= 0.6 is 0 Å². The minimum absolute atomic E-state index is 0.0444. The van der Waals surface area contributed by atoms with Gasteiger partial charge in [0, 0.05) is 5.41 Å². The normalized spacial score (nSPS) is 27.4. The number of anilines is 2. The molecule has 0 radical (unpaired) electrons. The van der Waals surface area contributed by atoms with Crippen LogP contribution in [0.15, 0.2) is 24.3 Å². The fourth-order valence-electron chi connectivity index (χ4n) is 8.00. The van der Waals surface area contributed by atoms with Crippen LogP contribution in [0.2, 0.25) is 0 Å². The minimum atomic E-state index is -0.320. The van der Waals surface area contributed by atoms with Gasteiger partial charge in [0.2, 0.25) is 0 Å². The van der Waals surface area contributed by atoms with Crippen molar-refractivity contribution in [2.45, 2.75) is 83.5 Å².